The summed E-state index contributed by atoms with van der Waals surface area (Å²) in [6.45, 7) is 5.78. The van der Waals surface area contributed by atoms with Crippen LogP contribution in [0.1, 0.15) is 63.5 Å². The van der Waals surface area contributed by atoms with Crippen molar-refractivity contribution in [1.29, 1.82) is 0 Å². The highest BCUT2D eigenvalue weighted by molar-refractivity contribution is 6.24. The smallest absolute Gasteiger partial charge is 0.120 e. The highest BCUT2D eigenvalue weighted by atomic mass is 16.5. The van der Waals surface area contributed by atoms with Crippen LogP contribution in [0.2, 0.25) is 0 Å². The summed E-state index contributed by atoms with van der Waals surface area (Å²) in [5.41, 5.74) is 4.53. The summed E-state index contributed by atoms with van der Waals surface area (Å²) in [6.07, 6.45) is 6.78. The summed E-state index contributed by atoms with van der Waals surface area (Å²) < 4.78 is 11.7. The van der Waals surface area contributed by atoms with Crippen molar-refractivity contribution >= 4 is 5.71 Å². The lowest BCUT2D eigenvalue weighted by Crippen LogP contribution is -2.02. The van der Waals surface area contributed by atoms with Gasteiger partial charge in [0, 0.05) is 11.1 Å². The molecule has 2 aromatic rings. The van der Waals surface area contributed by atoms with Crippen molar-refractivity contribution in [2.24, 2.45) is 5.16 Å². The zero-order valence-electron chi connectivity index (χ0n) is 16.3. The van der Waals surface area contributed by atoms with E-state index in [1.54, 1.807) is 0 Å². The average Bonchev–Trinajstić information content (AvgIpc) is 3.00. The summed E-state index contributed by atoms with van der Waals surface area (Å²) in [6, 6.07) is 12.0. The van der Waals surface area contributed by atoms with E-state index in [0.29, 0.717) is 18.9 Å². The molecule has 0 amide bonds. The highest BCUT2D eigenvalue weighted by Crippen LogP contribution is 2.40. The molecule has 27 heavy (non-hydrogen) atoms. The molecule has 0 bridgehead atoms. The lowest BCUT2D eigenvalue weighted by atomic mass is 10.1. The van der Waals surface area contributed by atoms with Crippen LogP contribution in [-0.4, -0.2) is 24.1 Å². The second kappa shape index (κ2) is 9.45. The number of hydrogen-bond acceptors (Lipinski definition) is 4. The Kier molecular flexibility index (Phi) is 6.74. The molecule has 0 radical (unpaired) electrons. The van der Waals surface area contributed by atoms with Crippen LogP contribution in [0.4, 0.5) is 0 Å². The fourth-order valence-electron chi connectivity index (χ4n) is 3.42. The molecule has 4 nitrogen and oxygen atoms in total. The molecule has 0 spiro atoms. The van der Waals surface area contributed by atoms with E-state index in [-0.39, 0.29) is 0 Å². The molecule has 0 aliphatic heterocycles. The lowest BCUT2D eigenvalue weighted by molar-refractivity contribution is 0.306. The number of unbranched alkanes of at least 4 members (excludes halogenated alkanes) is 4. The Morgan fingerprint density at radius 1 is 0.704 bits per heavy atom. The second-order valence-electron chi connectivity index (χ2n) is 6.97. The van der Waals surface area contributed by atoms with Crippen molar-refractivity contribution in [3.05, 3.63) is 47.5 Å². The third-order valence-corrected chi connectivity index (χ3v) is 4.92. The third kappa shape index (κ3) is 4.44. The zero-order valence-corrected chi connectivity index (χ0v) is 16.3. The fourth-order valence-corrected chi connectivity index (χ4v) is 3.42. The van der Waals surface area contributed by atoms with E-state index >= 15 is 0 Å². The van der Waals surface area contributed by atoms with Gasteiger partial charge in [-0.25, -0.2) is 0 Å². The molecule has 0 aromatic heterocycles. The molecule has 1 aliphatic rings. The number of rotatable bonds is 10. The molecular weight excluding hydrogens is 338 g/mol. The molecule has 3 rings (SSSR count). The molecule has 4 heteroatoms. The molecule has 0 saturated carbocycles. The largest absolute Gasteiger partial charge is 0.494 e. The first-order valence-corrected chi connectivity index (χ1v) is 10.0. The van der Waals surface area contributed by atoms with Gasteiger partial charge in [0.05, 0.1) is 13.2 Å². The predicted octanol–water partition coefficient (Wildman–Crippen LogP) is 6.03. The summed E-state index contributed by atoms with van der Waals surface area (Å²) in [5.74, 6) is 1.63. The van der Waals surface area contributed by atoms with Crippen molar-refractivity contribution in [1.82, 2.24) is 0 Å². The minimum atomic E-state index is 0.581. The number of oxime groups is 1. The first kappa shape index (κ1) is 19.3. The van der Waals surface area contributed by atoms with E-state index in [2.05, 4.69) is 19.0 Å². The molecule has 1 aliphatic carbocycles. The Balaban J connectivity index is 1.77. The van der Waals surface area contributed by atoms with E-state index in [1.165, 1.54) is 25.7 Å². The Hall–Kier alpha value is -2.49. The minimum absolute atomic E-state index is 0.581. The van der Waals surface area contributed by atoms with E-state index < -0.39 is 0 Å². The predicted molar refractivity (Wildman–Crippen MR) is 109 cm³/mol. The van der Waals surface area contributed by atoms with Crippen LogP contribution in [0.3, 0.4) is 0 Å². The number of ether oxygens (including phenoxy) is 2. The highest BCUT2D eigenvalue weighted by Gasteiger charge is 2.26. The first-order valence-electron chi connectivity index (χ1n) is 10.0. The number of nitrogens with zero attached hydrogens (tertiary/aromatic N) is 1. The van der Waals surface area contributed by atoms with Crippen molar-refractivity contribution in [2.75, 3.05) is 13.2 Å². The molecule has 1 N–H and O–H groups in total. The van der Waals surface area contributed by atoms with Crippen molar-refractivity contribution in [2.45, 2.75) is 52.4 Å². The zero-order chi connectivity index (χ0) is 19.1. The molecule has 0 unspecified atom stereocenters. The van der Waals surface area contributed by atoms with Crippen LogP contribution >= 0.6 is 0 Å². The Morgan fingerprint density at radius 2 is 1.19 bits per heavy atom. The van der Waals surface area contributed by atoms with Gasteiger partial charge in [-0.15, -0.1) is 0 Å². The van der Waals surface area contributed by atoms with Crippen LogP contribution in [0, 0.1) is 0 Å². The molecule has 0 atom stereocenters. The molecular formula is C23H29NO3. The number of fused-ring (bicyclic) bond motifs is 3. The summed E-state index contributed by atoms with van der Waals surface area (Å²) in [5, 5.41) is 13.2. The van der Waals surface area contributed by atoms with Crippen LogP contribution < -0.4 is 9.47 Å². The Morgan fingerprint density at radius 3 is 1.59 bits per heavy atom. The van der Waals surface area contributed by atoms with Gasteiger partial charge in [-0.05, 0) is 60.4 Å². The lowest BCUT2D eigenvalue weighted by Gasteiger charge is -2.08. The van der Waals surface area contributed by atoms with Gasteiger partial charge in [-0.2, -0.15) is 0 Å². The maximum atomic E-state index is 9.64. The molecule has 0 fully saturated rings. The standard InChI is InChI=1S/C23H29NO3/c1-3-5-7-13-26-17-9-11-19-20-12-10-18(27-14-8-6-4-2)16-22(20)23(24-25)21(19)15-17/h9-12,15-16,25H,3-8,13-14H2,1-2H3. The third-order valence-electron chi connectivity index (χ3n) is 4.92. The van der Waals surface area contributed by atoms with E-state index in [9.17, 15) is 5.21 Å². The van der Waals surface area contributed by atoms with Gasteiger partial charge in [0.15, 0.2) is 0 Å². The quantitative estimate of drug-likeness (QED) is 0.270. The van der Waals surface area contributed by atoms with Gasteiger partial charge < -0.3 is 14.7 Å². The maximum Gasteiger partial charge on any atom is 0.120 e. The van der Waals surface area contributed by atoms with Crippen molar-refractivity contribution in [3.8, 4) is 22.6 Å². The van der Waals surface area contributed by atoms with Gasteiger partial charge >= 0.3 is 0 Å². The van der Waals surface area contributed by atoms with Gasteiger partial charge in [0.1, 0.15) is 17.2 Å². The topological polar surface area (TPSA) is 51.0 Å². The van der Waals surface area contributed by atoms with Gasteiger partial charge in [0.25, 0.3) is 0 Å². The molecule has 0 saturated heterocycles. The van der Waals surface area contributed by atoms with Gasteiger partial charge in [-0.1, -0.05) is 44.7 Å². The van der Waals surface area contributed by atoms with E-state index in [4.69, 9.17) is 9.47 Å². The van der Waals surface area contributed by atoms with Gasteiger partial charge in [-0.3, -0.25) is 0 Å². The van der Waals surface area contributed by atoms with Crippen LogP contribution in [0.25, 0.3) is 11.1 Å². The summed E-state index contributed by atoms with van der Waals surface area (Å²) in [7, 11) is 0. The molecule has 2 aromatic carbocycles. The summed E-state index contributed by atoms with van der Waals surface area (Å²) >= 11 is 0. The Labute approximate surface area is 161 Å². The molecule has 0 heterocycles. The molecule has 144 valence electrons. The van der Waals surface area contributed by atoms with Crippen molar-refractivity contribution in [3.63, 3.8) is 0 Å². The summed E-state index contributed by atoms with van der Waals surface area (Å²) in [4.78, 5) is 0. The monoisotopic (exact) mass is 367 g/mol. The van der Waals surface area contributed by atoms with E-state index in [0.717, 1.165) is 46.6 Å². The average molecular weight is 367 g/mol. The normalized spacial score (nSPS) is 11.9. The second-order valence-corrected chi connectivity index (χ2v) is 6.97. The minimum Gasteiger partial charge on any atom is -0.494 e. The SMILES string of the molecule is CCCCCOc1ccc2c(c1)C(=NO)c1cc(OCCCCC)ccc1-2. The van der Waals surface area contributed by atoms with Crippen LogP contribution in [0.15, 0.2) is 41.6 Å². The van der Waals surface area contributed by atoms with Crippen molar-refractivity contribution < 1.29 is 14.7 Å². The number of benzene rings is 2. The first-order chi connectivity index (χ1) is 13.3. The Bertz CT molecular complexity index is 735. The van der Waals surface area contributed by atoms with E-state index in [1.807, 2.05) is 36.4 Å². The van der Waals surface area contributed by atoms with Crippen LogP contribution in [-0.2, 0) is 0 Å². The van der Waals surface area contributed by atoms with Crippen LogP contribution in [0.5, 0.6) is 11.5 Å². The van der Waals surface area contributed by atoms with Gasteiger partial charge in [0.2, 0.25) is 0 Å². The fraction of sp³-hybridized carbons (Fsp3) is 0.435. The maximum absolute atomic E-state index is 9.64. The number of hydrogen-bond donors (Lipinski definition) is 1.